The van der Waals surface area contributed by atoms with E-state index in [9.17, 15) is 4.79 Å². The number of rotatable bonds is 6. The van der Waals surface area contributed by atoms with E-state index in [0.29, 0.717) is 18.3 Å². The monoisotopic (exact) mass is 397 g/mol. The van der Waals surface area contributed by atoms with Crippen LogP contribution in [0.25, 0.3) is 0 Å². The molecule has 2 N–H and O–H groups in total. The Balaban J connectivity index is 1.37. The van der Waals surface area contributed by atoms with Gasteiger partial charge in [0.05, 0.1) is 18.3 Å². The molecule has 1 unspecified atom stereocenters. The van der Waals surface area contributed by atoms with Gasteiger partial charge in [-0.1, -0.05) is 18.9 Å². The second-order valence-electron chi connectivity index (χ2n) is 8.32. The zero-order chi connectivity index (χ0) is 20.2. The Hall–Kier alpha value is -2.57. The van der Waals surface area contributed by atoms with Gasteiger partial charge in [0, 0.05) is 36.6 Å². The number of likely N-dealkylation sites (tertiary alicyclic amines) is 1. The summed E-state index contributed by atoms with van der Waals surface area (Å²) in [7, 11) is 0. The highest BCUT2D eigenvalue weighted by Gasteiger charge is 2.30. The zero-order valence-corrected chi connectivity index (χ0v) is 17.4. The molecule has 4 rings (SSSR count). The maximum absolute atomic E-state index is 13.0. The topological polar surface area (TPSA) is 83.1 Å². The molecule has 2 aromatic rings. The lowest BCUT2D eigenvalue weighted by Crippen LogP contribution is -2.42. The molecule has 1 aliphatic carbocycles. The fraction of sp³-hybridized carbons (Fsp3) is 0.591. The van der Waals surface area contributed by atoms with Crippen molar-refractivity contribution in [2.24, 2.45) is 5.92 Å². The van der Waals surface area contributed by atoms with Crippen LogP contribution in [0.15, 0.2) is 18.3 Å². The summed E-state index contributed by atoms with van der Waals surface area (Å²) < 4.78 is 5.68. The highest BCUT2D eigenvalue weighted by atomic mass is 16.5. The van der Waals surface area contributed by atoms with Gasteiger partial charge in [0.25, 0.3) is 0 Å². The van der Waals surface area contributed by atoms with E-state index in [-0.39, 0.29) is 12.1 Å². The molecule has 7 nitrogen and oxygen atoms in total. The van der Waals surface area contributed by atoms with Crippen LogP contribution in [0.4, 0.5) is 4.79 Å². The molecule has 1 atom stereocenters. The largest absolute Gasteiger partial charge is 0.477 e. The number of hydrogen-bond acceptors (Lipinski definition) is 4. The summed E-state index contributed by atoms with van der Waals surface area (Å²) in [5.74, 6) is 1.37. The van der Waals surface area contributed by atoms with Gasteiger partial charge >= 0.3 is 6.03 Å². The third-order valence-corrected chi connectivity index (χ3v) is 5.94. The Labute approximate surface area is 172 Å². The molecule has 1 saturated carbocycles. The fourth-order valence-electron chi connectivity index (χ4n) is 4.07. The Kier molecular flexibility index (Phi) is 6.02. The number of pyridine rings is 1. The number of carbonyl (C=O) groups excluding carboxylic acids is 1. The van der Waals surface area contributed by atoms with Gasteiger partial charge in [0.2, 0.25) is 5.88 Å². The van der Waals surface area contributed by atoms with Crippen molar-refractivity contribution < 1.29 is 9.53 Å². The zero-order valence-electron chi connectivity index (χ0n) is 17.4. The van der Waals surface area contributed by atoms with E-state index in [1.54, 1.807) is 6.20 Å². The van der Waals surface area contributed by atoms with Crippen molar-refractivity contribution in [3.05, 3.63) is 40.8 Å². The molecule has 1 saturated heterocycles. The van der Waals surface area contributed by atoms with Crippen molar-refractivity contribution in [1.29, 1.82) is 0 Å². The lowest BCUT2D eigenvalue weighted by atomic mass is 9.99. The summed E-state index contributed by atoms with van der Waals surface area (Å²) in [5, 5.41) is 10.5. The molecule has 7 heteroatoms. The number of aromatic amines is 1. The minimum Gasteiger partial charge on any atom is -0.477 e. The van der Waals surface area contributed by atoms with Crippen molar-refractivity contribution in [2.75, 3.05) is 13.2 Å². The molecule has 2 fully saturated rings. The highest BCUT2D eigenvalue weighted by molar-refractivity contribution is 5.75. The minimum atomic E-state index is -0.0223. The average Bonchev–Trinajstić information content (AvgIpc) is 3.53. The molecule has 3 heterocycles. The Morgan fingerprint density at radius 2 is 2.10 bits per heavy atom. The molecule has 1 aliphatic heterocycles. The summed E-state index contributed by atoms with van der Waals surface area (Å²) in [6.07, 6.45) is 8.61. The van der Waals surface area contributed by atoms with Gasteiger partial charge in [-0.15, -0.1) is 0 Å². The van der Waals surface area contributed by atoms with Gasteiger partial charge < -0.3 is 15.0 Å². The summed E-state index contributed by atoms with van der Waals surface area (Å²) >= 11 is 0. The standard InChI is InChI=1S/C22H31N5O2/c1-15-21(16(2)26-25-15)19-6-4-3-5-11-27(19)22(28)24-13-18-9-10-20(23-12-18)29-14-17-7-8-17/h9-10,12,17,19H,3-8,11,13-14H2,1-2H3,(H,24,28)(H,25,26). The molecule has 0 spiro atoms. The number of H-pyrrole nitrogens is 1. The quantitative estimate of drug-likeness (QED) is 0.771. The number of ether oxygens (including phenoxy) is 1. The number of amides is 2. The van der Waals surface area contributed by atoms with E-state index < -0.39 is 0 Å². The number of nitrogens with one attached hydrogen (secondary N) is 2. The van der Waals surface area contributed by atoms with E-state index in [1.165, 1.54) is 18.4 Å². The first-order valence-electron chi connectivity index (χ1n) is 10.8. The predicted octanol–water partition coefficient (Wildman–Crippen LogP) is 4.04. The van der Waals surface area contributed by atoms with Gasteiger partial charge in [0.1, 0.15) is 0 Å². The number of carbonyl (C=O) groups is 1. The first-order valence-corrected chi connectivity index (χ1v) is 10.8. The Morgan fingerprint density at radius 3 is 2.79 bits per heavy atom. The minimum absolute atomic E-state index is 0.0223. The van der Waals surface area contributed by atoms with Crippen LogP contribution in [-0.2, 0) is 6.54 Å². The molecule has 2 aromatic heterocycles. The molecule has 2 aliphatic rings. The van der Waals surface area contributed by atoms with Crippen LogP contribution < -0.4 is 10.1 Å². The molecular weight excluding hydrogens is 366 g/mol. The number of urea groups is 1. The van der Waals surface area contributed by atoms with Gasteiger partial charge in [-0.25, -0.2) is 9.78 Å². The molecule has 2 amide bonds. The normalized spacial score (nSPS) is 19.7. The molecule has 156 valence electrons. The Bertz CT molecular complexity index is 809. The van der Waals surface area contributed by atoms with Crippen LogP contribution in [0, 0.1) is 19.8 Å². The van der Waals surface area contributed by atoms with Crippen LogP contribution in [0.5, 0.6) is 5.88 Å². The fourth-order valence-corrected chi connectivity index (χ4v) is 4.07. The molecular formula is C22H31N5O2. The average molecular weight is 398 g/mol. The first kappa shape index (κ1) is 19.7. The first-order chi connectivity index (χ1) is 14.1. The van der Waals surface area contributed by atoms with E-state index in [2.05, 4.69) is 20.5 Å². The predicted molar refractivity (Wildman–Crippen MR) is 111 cm³/mol. The number of aromatic nitrogens is 3. The van der Waals surface area contributed by atoms with Crippen molar-refractivity contribution >= 4 is 6.03 Å². The van der Waals surface area contributed by atoms with Gasteiger partial charge in [-0.05, 0) is 51.0 Å². The second kappa shape index (κ2) is 8.84. The summed E-state index contributed by atoms with van der Waals surface area (Å²) in [6, 6.07) is 3.91. The van der Waals surface area contributed by atoms with Gasteiger partial charge in [0.15, 0.2) is 0 Å². The smallest absolute Gasteiger partial charge is 0.318 e. The summed E-state index contributed by atoms with van der Waals surface area (Å²) in [4.78, 5) is 19.4. The third kappa shape index (κ3) is 4.89. The maximum Gasteiger partial charge on any atom is 0.318 e. The maximum atomic E-state index is 13.0. The number of nitrogens with zero attached hydrogens (tertiary/aromatic N) is 3. The molecule has 0 bridgehead atoms. The molecule has 29 heavy (non-hydrogen) atoms. The lowest BCUT2D eigenvalue weighted by Gasteiger charge is -2.30. The SMILES string of the molecule is Cc1n[nH]c(C)c1C1CCCCCN1C(=O)NCc1ccc(OCC2CC2)nc1. The highest BCUT2D eigenvalue weighted by Crippen LogP contribution is 2.33. The number of aryl methyl sites for hydroxylation is 2. The van der Waals surface area contributed by atoms with Gasteiger partial charge in [-0.2, -0.15) is 5.10 Å². The van der Waals surface area contributed by atoms with Crippen molar-refractivity contribution in [2.45, 2.75) is 65.0 Å². The Morgan fingerprint density at radius 1 is 1.24 bits per heavy atom. The lowest BCUT2D eigenvalue weighted by molar-refractivity contribution is 0.175. The third-order valence-electron chi connectivity index (χ3n) is 5.94. The molecule has 0 radical (unpaired) electrons. The van der Waals surface area contributed by atoms with Crippen LogP contribution in [-0.4, -0.2) is 39.3 Å². The van der Waals surface area contributed by atoms with Crippen LogP contribution >= 0.6 is 0 Å². The van der Waals surface area contributed by atoms with E-state index in [0.717, 1.165) is 55.8 Å². The van der Waals surface area contributed by atoms with Crippen LogP contribution in [0.1, 0.15) is 67.1 Å². The van der Waals surface area contributed by atoms with Crippen molar-refractivity contribution in [3.63, 3.8) is 0 Å². The summed E-state index contributed by atoms with van der Waals surface area (Å²) in [5.41, 5.74) is 4.18. The van der Waals surface area contributed by atoms with Crippen LogP contribution in [0.2, 0.25) is 0 Å². The second-order valence-corrected chi connectivity index (χ2v) is 8.32. The van der Waals surface area contributed by atoms with Crippen molar-refractivity contribution in [3.8, 4) is 5.88 Å². The van der Waals surface area contributed by atoms with E-state index in [4.69, 9.17) is 4.74 Å². The van der Waals surface area contributed by atoms with E-state index >= 15 is 0 Å². The molecule has 0 aromatic carbocycles. The van der Waals surface area contributed by atoms with Crippen molar-refractivity contribution in [1.82, 2.24) is 25.4 Å². The van der Waals surface area contributed by atoms with Crippen LogP contribution in [0.3, 0.4) is 0 Å². The number of hydrogen-bond donors (Lipinski definition) is 2. The summed E-state index contributed by atoms with van der Waals surface area (Å²) in [6.45, 7) is 6.04. The van der Waals surface area contributed by atoms with Gasteiger partial charge in [-0.3, -0.25) is 5.10 Å². The van der Waals surface area contributed by atoms with E-state index in [1.807, 2.05) is 30.9 Å².